The maximum Gasteiger partial charge on any atom is 0.0453 e. The van der Waals surface area contributed by atoms with E-state index in [2.05, 4.69) is 0 Å². The van der Waals surface area contributed by atoms with E-state index in [0.717, 1.165) is 11.1 Å². The summed E-state index contributed by atoms with van der Waals surface area (Å²) in [5, 5.41) is 2.57. The van der Waals surface area contributed by atoms with Crippen molar-refractivity contribution in [3.8, 4) is 0 Å². The fraction of sp³-hybridized carbons (Fsp3) is 0.200. The van der Waals surface area contributed by atoms with Gasteiger partial charge in [0.2, 0.25) is 0 Å². The molecule has 0 amide bonds. The van der Waals surface area contributed by atoms with Crippen LogP contribution in [0.15, 0.2) is 36.4 Å². The first-order valence-corrected chi connectivity index (χ1v) is 7.60. The Morgan fingerprint density at radius 3 is 2.05 bits per heavy atom. The summed E-state index contributed by atoms with van der Waals surface area (Å²) in [5.74, 6) is 0. The Balaban J connectivity index is 2.08. The van der Waals surface area contributed by atoms with E-state index in [1.165, 1.54) is 0 Å². The Bertz CT molecular complexity index is 613. The topological polar surface area (TPSA) is 26.0 Å². The number of benzene rings is 2. The molecule has 2 aromatic rings. The van der Waals surface area contributed by atoms with Gasteiger partial charge in [-0.1, -0.05) is 52.5 Å². The molecule has 0 aliphatic carbocycles. The third kappa shape index (κ3) is 4.28. The monoisotopic (exact) mass is 347 g/mol. The molecule has 2 aromatic carbocycles. The molecule has 0 saturated carbocycles. The molecule has 1 atom stereocenters. The van der Waals surface area contributed by atoms with Crippen molar-refractivity contribution >= 4 is 46.4 Å². The second-order valence-corrected chi connectivity index (χ2v) is 6.33. The first kappa shape index (κ1) is 15.9. The van der Waals surface area contributed by atoms with Gasteiger partial charge in [-0.05, 0) is 54.3 Å². The maximum atomic E-state index is 6.17. The van der Waals surface area contributed by atoms with E-state index in [4.69, 9.17) is 52.1 Å². The van der Waals surface area contributed by atoms with Crippen LogP contribution in [0, 0.1) is 0 Å². The minimum Gasteiger partial charge on any atom is -0.327 e. The zero-order valence-electron chi connectivity index (χ0n) is 10.5. The Morgan fingerprint density at radius 1 is 0.750 bits per heavy atom. The highest BCUT2D eigenvalue weighted by Gasteiger charge is 2.11. The van der Waals surface area contributed by atoms with Gasteiger partial charge in [-0.25, -0.2) is 0 Å². The van der Waals surface area contributed by atoms with Gasteiger partial charge in [-0.2, -0.15) is 0 Å². The summed E-state index contributed by atoms with van der Waals surface area (Å²) in [5.41, 5.74) is 8.09. The molecule has 0 saturated heterocycles. The predicted molar refractivity (Wildman–Crippen MR) is 88.3 cm³/mol. The van der Waals surface area contributed by atoms with Gasteiger partial charge >= 0.3 is 0 Å². The van der Waals surface area contributed by atoms with Crippen LogP contribution in [0.2, 0.25) is 20.1 Å². The minimum absolute atomic E-state index is 0.0929. The molecule has 20 heavy (non-hydrogen) atoms. The molecule has 1 unspecified atom stereocenters. The fourth-order valence-corrected chi connectivity index (χ4v) is 2.90. The number of nitrogens with two attached hydrogens (primary N) is 1. The molecule has 106 valence electrons. The SMILES string of the molecule is NC(Cc1ccc(Cl)cc1Cl)Cc1cc(Cl)ccc1Cl. The number of hydrogen-bond acceptors (Lipinski definition) is 1. The number of hydrogen-bond donors (Lipinski definition) is 1. The maximum absolute atomic E-state index is 6.17. The fourth-order valence-electron chi connectivity index (χ4n) is 2.02. The second-order valence-electron chi connectivity index (χ2n) is 4.64. The normalized spacial score (nSPS) is 12.4. The molecule has 0 spiro atoms. The lowest BCUT2D eigenvalue weighted by molar-refractivity contribution is 0.665. The zero-order chi connectivity index (χ0) is 14.7. The van der Waals surface area contributed by atoms with Crippen LogP contribution in [0.3, 0.4) is 0 Å². The molecule has 1 nitrogen and oxygen atoms in total. The van der Waals surface area contributed by atoms with Crippen LogP contribution in [0.5, 0.6) is 0 Å². The average molecular weight is 349 g/mol. The predicted octanol–water partition coefficient (Wildman–Crippen LogP) is 5.41. The van der Waals surface area contributed by atoms with Gasteiger partial charge in [0, 0.05) is 26.1 Å². The molecule has 0 aliphatic rings. The molecule has 0 bridgehead atoms. The molecule has 2 rings (SSSR count). The van der Waals surface area contributed by atoms with E-state index < -0.39 is 0 Å². The summed E-state index contributed by atoms with van der Waals surface area (Å²) in [6.45, 7) is 0. The Morgan fingerprint density at radius 2 is 1.35 bits per heavy atom. The molecule has 0 radical (unpaired) electrons. The van der Waals surface area contributed by atoms with Crippen LogP contribution in [-0.4, -0.2) is 6.04 Å². The van der Waals surface area contributed by atoms with Crippen molar-refractivity contribution < 1.29 is 0 Å². The summed E-state index contributed by atoms with van der Waals surface area (Å²) in [6.07, 6.45) is 1.29. The van der Waals surface area contributed by atoms with Crippen LogP contribution in [0.25, 0.3) is 0 Å². The Hall–Kier alpha value is -0.440. The summed E-state index contributed by atoms with van der Waals surface area (Å²) < 4.78 is 0. The largest absolute Gasteiger partial charge is 0.327 e. The van der Waals surface area contributed by atoms with Gasteiger partial charge in [-0.3, -0.25) is 0 Å². The van der Waals surface area contributed by atoms with Crippen LogP contribution in [0.4, 0.5) is 0 Å². The quantitative estimate of drug-likeness (QED) is 0.785. The van der Waals surface area contributed by atoms with Crippen LogP contribution >= 0.6 is 46.4 Å². The third-order valence-corrected chi connectivity index (χ3v) is 4.18. The van der Waals surface area contributed by atoms with Crippen LogP contribution in [-0.2, 0) is 12.8 Å². The van der Waals surface area contributed by atoms with Gasteiger partial charge < -0.3 is 5.73 Å². The first-order valence-electron chi connectivity index (χ1n) is 6.09. The number of rotatable bonds is 4. The van der Waals surface area contributed by atoms with Crippen molar-refractivity contribution in [2.24, 2.45) is 5.73 Å². The van der Waals surface area contributed by atoms with Crippen molar-refractivity contribution in [3.05, 3.63) is 67.6 Å². The zero-order valence-corrected chi connectivity index (χ0v) is 13.6. The molecule has 5 heteroatoms. The molecule has 0 heterocycles. The smallest absolute Gasteiger partial charge is 0.0453 e. The summed E-state index contributed by atoms with van der Waals surface area (Å²) in [6, 6.07) is 10.7. The molecule has 0 aliphatic heterocycles. The lowest BCUT2D eigenvalue weighted by Gasteiger charge is -2.14. The van der Waals surface area contributed by atoms with Crippen molar-refractivity contribution in [2.75, 3.05) is 0 Å². The van der Waals surface area contributed by atoms with E-state index >= 15 is 0 Å². The first-order chi connectivity index (χ1) is 9.45. The van der Waals surface area contributed by atoms with Gasteiger partial charge in [0.1, 0.15) is 0 Å². The summed E-state index contributed by atoms with van der Waals surface area (Å²) in [4.78, 5) is 0. The van der Waals surface area contributed by atoms with Crippen LogP contribution < -0.4 is 5.73 Å². The molecular weight excluding hydrogens is 336 g/mol. The second kappa shape index (κ2) is 7.02. The highest BCUT2D eigenvalue weighted by molar-refractivity contribution is 6.35. The van der Waals surface area contributed by atoms with Crippen LogP contribution in [0.1, 0.15) is 11.1 Å². The van der Waals surface area contributed by atoms with Crippen molar-refractivity contribution in [3.63, 3.8) is 0 Å². The van der Waals surface area contributed by atoms with E-state index in [9.17, 15) is 0 Å². The van der Waals surface area contributed by atoms with Gasteiger partial charge in [0.05, 0.1) is 0 Å². The molecule has 0 fully saturated rings. The highest BCUT2D eigenvalue weighted by Crippen LogP contribution is 2.25. The van der Waals surface area contributed by atoms with E-state index in [1.54, 1.807) is 18.2 Å². The van der Waals surface area contributed by atoms with E-state index in [-0.39, 0.29) is 6.04 Å². The third-order valence-electron chi connectivity index (χ3n) is 2.99. The molecular formula is C15H13Cl4N. The van der Waals surface area contributed by atoms with E-state index in [1.807, 2.05) is 18.2 Å². The number of halogens is 4. The highest BCUT2D eigenvalue weighted by atomic mass is 35.5. The lowest BCUT2D eigenvalue weighted by atomic mass is 9.99. The Kier molecular flexibility index (Phi) is 5.59. The molecule has 0 aromatic heterocycles. The van der Waals surface area contributed by atoms with Gasteiger partial charge in [0.25, 0.3) is 0 Å². The minimum atomic E-state index is -0.0929. The standard InChI is InChI=1S/C15H13Cl4N/c16-11-3-4-14(18)10(5-11)7-13(20)6-9-1-2-12(17)8-15(9)19/h1-5,8,13H,6-7,20H2. The lowest BCUT2D eigenvalue weighted by Crippen LogP contribution is -2.25. The average Bonchev–Trinajstić information content (AvgIpc) is 2.37. The van der Waals surface area contributed by atoms with Crippen molar-refractivity contribution in [2.45, 2.75) is 18.9 Å². The van der Waals surface area contributed by atoms with Crippen molar-refractivity contribution in [1.29, 1.82) is 0 Å². The molecule has 2 N–H and O–H groups in total. The Labute approximate surface area is 138 Å². The summed E-state index contributed by atoms with van der Waals surface area (Å²) in [7, 11) is 0. The van der Waals surface area contributed by atoms with Gasteiger partial charge in [-0.15, -0.1) is 0 Å². The summed E-state index contributed by atoms with van der Waals surface area (Å²) >= 11 is 24.1. The van der Waals surface area contributed by atoms with Crippen molar-refractivity contribution in [1.82, 2.24) is 0 Å². The van der Waals surface area contributed by atoms with Gasteiger partial charge in [0.15, 0.2) is 0 Å². The van der Waals surface area contributed by atoms with E-state index in [0.29, 0.717) is 32.9 Å².